The lowest BCUT2D eigenvalue weighted by Crippen LogP contribution is -2.49. The van der Waals surface area contributed by atoms with Crippen molar-refractivity contribution >= 4 is 27.4 Å². The molecule has 4 rings (SSSR count). The maximum atomic E-state index is 13.1. The van der Waals surface area contributed by atoms with Gasteiger partial charge in [-0.2, -0.15) is 0 Å². The number of aromatic nitrogens is 1. The Labute approximate surface area is 237 Å². The van der Waals surface area contributed by atoms with Crippen LogP contribution in [0.2, 0.25) is 0 Å². The van der Waals surface area contributed by atoms with Crippen molar-refractivity contribution in [1.29, 1.82) is 0 Å². The molecule has 0 bridgehead atoms. The minimum absolute atomic E-state index is 0.0468. The number of hydrogen-bond donors (Lipinski definition) is 2. The topological polar surface area (TPSA) is 104 Å². The quantitative estimate of drug-likeness (QED) is 0.302. The number of piperidine rings is 1. The second-order valence-corrected chi connectivity index (χ2v) is 12.1. The number of carbonyl (C=O) groups excluding carboxylic acids is 1. The molecule has 1 aromatic heterocycles. The molecule has 1 aliphatic heterocycles. The monoisotopic (exact) mass is 565 g/mol. The van der Waals surface area contributed by atoms with E-state index in [0.717, 1.165) is 69.5 Å². The normalized spacial score (nSPS) is 14.5. The summed E-state index contributed by atoms with van der Waals surface area (Å²) in [6.07, 6.45) is 6.73. The number of hydrogen-bond acceptors (Lipinski definition) is 6. The zero-order valence-electron chi connectivity index (χ0n) is 23.5. The summed E-state index contributed by atoms with van der Waals surface area (Å²) in [5, 5.41) is 3.03. The Morgan fingerprint density at radius 2 is 1.62 bits per heavy atom. The number of amides is 2. The summed E-state index contributed by atoms with van der Waals surface area (Å²) in [5.41, 5.74) is 3.34. The maximum Gasteiger partial charge on any atom is 0.322 e. The predicted octanol–water partition coefficient (Wildman–Crippen LogP) is 5.85. The van der Waals surface area contributed by atoms with Gasteiger partial charge in [-0.25, -0.2) is 13.2 Å². The van der Waals surface area contributed by atoms with Crippen molar-refractivity contribution in [2.75, 3.05) is 35.9 Å². The van der Waals surface area contributed by atoms with E-state index in [1.54, 1.807) is 30.5 Å². The van der Waals surface area contributed by atoms with Gasteiger partial charge in [-0.15, -0.1) is 0 Å². The highest BCUT2D eigenvalue weighted by Crippen LogP contribution is 2.25. The lowest BCUT2D eigenvalue weighted by Gasteiger charge is -2.38. The molecule has 9 nitrogen and oxygen atoms in total. The molecule has 10 heteroatoms. The molecular formula is C30H39N5O4S. The van der Waals surface area contributed by atoms with Gasteiger partial charge in [0, 0.05) is 43.6 Å². The van der Waals surface area contributed by atoms with Crippen LogP contribution in [0.25, 0.3) is 0 Å². The Bertz CT molecular complexity index is 1340. The summed E-state index contributed by atoms with van der Waals surface area (Å²) in [5.74, 6) is 1.34. The van der Waals surface area contributed by atoms with Gasteiger partial charge in [0.1, 0.15) is 11.5 Å². The number of likely N-dealkylation sites (tertiary alicyclic amines) is 1. The van der Waals surface area contributed by atoms with E-state index in [2.05, 4.69) is 39.0 Å². The Hall–Kier alpha value is -3.63. The minimum Gasteiger partial charge on any atom is -0.457 e. The highest BCUT2D eigenvalue weighted by molar-refractivity contribution is 7.92. The van der Waals surface area contributed by atoms with Crippen LogP contribution >= 0.6 is 0 Å². The number of nitrogens with one attached hydrogen (secondary N) is 2. The molecule has 0 radical (unpaired) electrons. The van der Waals surface area contributed by atoms with Crippen molar-refractivity contribution in [3.05, 3.63) is 78.1 Å². The molecule has 0 unspecified atom stereocenters. The molecule has 1 saturated heterocycles. The van der Waals surface area contributed by atoms with E-state index in [-0.39, 0.29) is 12.1 Å². The number of benzene rings is 2. The minimum atomic E-state index is -3.31. The first kappa shape index (κ1) is 29.4. The standard InChI is InChI=1S/C30H39N5O4S/c1-4-5-18-35(30(36)32-26-9-6-23(2)31-21-26)27-16-19-34(20-17-27)22-24-7-12-28(13-8-24)39-29-14-10-25(11-15-29)33-40(3,37)38/h6-15,21,27,33H,4-5,16-20,22H2,1-3H3,(H,32,36). The van der Waals surface area contributed by atoms with Crippen molar-refractivity contribution in [3.63, 3.8) is 0 Å². The number of rotatable bonds is 11. The molecule has 1 fully saturated rings. The zero-order valence-corrected chi connectivity index (χ0v) is 24.3. The second-order valence-electron chi connectivity index (χ2n) is 10.3. The van der Waals surface area contributed by atoms with E-state index in [1.165, 1.54) is 5.56 Å². The number of nitrogens with zero attached hydrogens (tertiary/aromatic N) is 3. The predicted molar refractivity (Wildman–Crippen MR) is 159 cm³/mol. The molecule has 214 valence electrons. The summed E-state index contributed by atoms with van der Waals surface area (Å²) < 4.78 is 31.1. The molecule has 40 heavy (non-hydrogen) atoms. The fraction of sp³-hybridized carbons (Fsp3) is 0.400. The van der Waals surface area contributed by atoms with Gasteiger partial charge in [0.05, 0.1) is 18.1 Å². The van der Waals surface area contributed by atoms with Gasteiger partial charge < -0.3 is 15.0 Å². The first-order valence-corrected chi connectivity index (χ1v) is 15.6. The molecule has 0 saturated carbocycles. The van der Waals surface area contributed by atoms with Crippen LogP contribution in [0, 0.1) is 6.92 Å². The molecule has 0 spiro atoms. The van der Waals surface area contributed by atoms with Gasteiger partial charge >= 0.3 is 6.03 Å². The van der Waals surface area contributed by atoms with Crippen molar-refractivity contribution in [3.8, 4) is 11.5 Å². The lowest BCUT2D eigenvalue weighted by atomic mass is 10.0. The number of carbonyl (C=O) groups is 1. The third kappa shape index (κ3) is 8.96. The molecule has 1 aliphatic rings. The number of ether oxygens (including phenoxy) is 1. The van der Waals surface area contributed by atoms with Gasteiger partial charge in [0.15, 0.2) is 0 Å². The van der Waals surface area contributed by atoms with Crippen molar-refractivity contribution in [1.82, 2.24) is 14.8 Å². The SMILES string of the molecule is CCCCN(C(=O)Nc1ccc(C)nc1)C1CCN(Cc2ccc(Oc3ccc(NS(C)(=O)=O)cc3)cc2)CC1. The molecule has 2 heterocycles. The van der Waals surface area contributed by atoms with Gasteiger partial charge in [-0.05, 0) is 80.3 Å². The van der Waals surface area contributed by atoms with E-state index in [4.69, 9.17) is 4.74 Å². The molecule has 3 aromatic rings. The van der Waals surface area contributed by atoms with E-state index >= 15 is 0 Å². The van der Waals surface area contributed by atoms with Crippen LogP contribution in [0.5, 0.6) is 11.5 Å². The summed E-state index contributed by atoms with van der Waals surface area (Å²) >= 11 is 0. The highest BCUT2D eigenvalue weighted by atomic mass is 32.2. The number of anilines is 2. The van der Waals surface area contributed by atoms with Crippen LogP contribution in [0.15, 0.2) is 66.9 Å². The van der Waals surface area contributed by atoms with Crippen LogP contribution in [0.1, 0.15) is 43.9 Å². The van der Waals surface area contributed by atoms with Crippen LogP contribution < -0.4 is 14.8 Å². The van der Waals surface area contributed by atoms with E-state index in [0.29, 0.717) is 17.2 Å². The summed E-state index contributed by atoms with van der Waals surface area (Å²) in [4.78, 5) is 21.9. The van der Waals surface area contributed by atoms with Gasteiger partial charge in [-0.1, -0.05) is 25.5 Å². The maximum absolute atomic E-state index is 13.1. The third-order valence-electron chi connectivity index (χ3n) is 6.90. The Kier molecular flexibility index (Phi) is 10.0. The van der Waals surface area contributed by atoms with Crippen molar-refractivity contribution < 1.29 is 17.9 Å². The fourth-order valence-corrected chi connectivity index (χ4v) is 5.33. The molecule has 2 amide bonds. The third-order valence-corrected chi connectivity index (χ3v) is 7.50. The Morgan fingerprint density at radius 1 is 1.00 bits per heavy atom. The molecule has 2 aromatic carbocycles. The fourth-order valence-electron chi connectivity index (χ4n) is 4.77. The van der Waals surface area contributed by atoms with E-state index in [9.17, 15) is 13.2 Å². The van der Waals surface area contributed by atoms with Gasteiger partial charge in [-0.3, -0.25) is 14.6 Å². The largest absolute Gasteiger partial charge is 0.457 e. The van der Waals surface area contributed by atoms with Crippen LogP contribution in [-0.4, -0.2) is 61.2 Å². The molecule has 0 atom stereocenters. The van der Waals surface area contributed by atoms with Crippen molar-refractivity contribution in [2.24, 2.45) is 0 Å². The first-order chi connectivity index (χ1) is 19.2. The first-order valence-electron chi connectivity index (χ1n) is 13.8. The number of aryl methyl sites for hydroxylation is 1. The van der Waals surface area contributed by atoms with Gasteiger partial charge in [0.25, 0.3) is 0 Å². The lowest BCUT2D eigenvalue weighted by molar-refractivity contribution is 0.122. The second kappa shape index (κ2) is 13.6. The van der Waals surface area contributed by atoms with Gasteiger partial charge in [0.2, 0.25) is 10.0 Å². The van der Waals surface area contributed by atoms with Crippen molar-refractivity contribution in [2.45, 2.75) is 52.1 Å². The molecular weight excluding hydrogens is 526 g/mol. The molecule has 2 N–H and O–H groups in total. The Morgan fingerprint density at radius 3 is 2.20 bits per heavy atom. The van der Waals surface area contributed by atoms with E-state index in [1.807, 2.05) is 36.1 Å². The highest BCUT2D eigenvalue weighted by Gasteiger charge is 2.28. The van der Waals surface area contributed by atoms with Crippen LogP contribution in [0.4, 0.5) is 16.2 Å². The van der Waals surface area contributed by atoms with E-state index < -0.39 is 10.0 Å². The summed E-state index contributed by atoms with van der Waals surface area (Å²) in [7, 11) is -3.31. The van der Waals surface area contributed by atoms with Crippen LogP contribution in [0.3, 0.4) is 0 Å². The zero-order chi connectivity index (χ0) is 28.5. The number of pyridine rings is 1. The molecule has 0 aliphatic carbocycles. The Balaban J connectivity index is 1.27. The summed E-state index contributed by atoms with van der Waals surface area (Å²) in [6, 6.07) is 18.8. The number of unbranched alkanes of at least 4 members (excludes halogenated alkanes) is 1. The summed E-state index contributed by atoms with van der Waals surface area (Å²) in [6.45, 7) is 7.53. The van der Waals surface area contributed by atoms with Crippen LogP contribution in [-0.2, 0) is 16.6 Å². The number of urea groups is 1. The number of sulfonamides is 1. The smallest absolute Gasteiger partial charge is 0.322 e. The average Bonchev–Trinajstić information content (AvgIpc) is 2.92. The average molecular weight is 566 g/mol.